The van der Waals surface area contributed by atoms with E-state index in [1.54, 1.807) is 0 Å². The molecule has 2 rings (SSSR count). The normalized spacial score (nSPS) is 27.2. The molecular formula is C13H21NOS. The number of aryl methyl sites for hydroxylation is 1. The summed E-state index contributed by atoms with van der Waals surface area (Å²) in [6.45, 7) is 7.95. The van der Waals surface area contributed by atoms with Crippen molar-refractivity contribution in [3.8, 4) is 0 Å². The topological polar surface area (TPSA) is 23.5 Å². The third kappa shape index (κ3) is 2.65. The van der Waals surface area contributed by atoms with E-state index >= 15 is 0 Å². The van der Waals surface area contributed by atoms with Crippen molar-refractivity contribution in [1.82, 2.24) is 4.90 Å². The highest BCUT2D eigenvalue weighted by Gasteiger charge is 2.30. The van der Waals surface area contributed by atoms with E-state index in [-0.39, 0.29) is 5.41 Å². The van der Waals surface area contributed by atoms with Gasteiger partial charge in [0.05, 0.1) is 0 Å². The smallest absolute Gasteiger partial charge is 0.0497 e. The van der Waals surface area contributed by atoms with Gasteiger partial charge in [-0.3, -0.25) is 4.90 Å². The van der Waals surface area contributed by atoms with Crippen molar-refractivity contribution >= 4 is 11.3 Å². The second kappa shape index (κ2) is 4.86. The van der Waals surface area contributed by atoms with Crippen LogP contribution in [-0.4, -0.2) is 29.7 Å². The number of rotatable bonds is 3. The first-order valence-electron chi connectivity index (χ1n) is 5.99. The maximum Gasteiger partial charge on any atom is 0.0497 e. The van der Waals surface area contributed by atoms with Crippen LogP contribution in [0.4, 0.5) is 0 Å². The number of likely N-dealkylation sites (tertiary alicyclic amines) is 1. The summed E-state index contributed by atoms with van der Waals surface area (Å²) in [7, 11) is 0. The Morgan fingerprint density at radius 2 is 2.38 bits per heavy atom. The van der Waals surface area contributed by atoms with Crippen LogP contribution in [0.3, 0.4) is 0 Å². The monoisotopic (exact) mass is 239 g/mol. The molecule has 0 amide bonds. The molecule has 0 aromatic carbocycles. The van der Waals surface area contributed by atoms with E-state index in [1.807, 2.05) is 11.3 Å². The number of aliphatic hydroxyl groups is 1. The quantitative estimate of drug-likeness (QED) is 0.876. The molecule has 1 aromatic rings. The van der Waals surface area contributed by atoms with Crippen LogP contribution in [0.5, 0.6) is 0 Å². The fraction of sp³-hybridized carbons (Fsp3) is 0.692. The number of piperidine rings is 1. The van der Waals surface area contributed by atoms with Crippen molar-refractivity contribution in [2.24, 2.45) is 5.41 Å². The second-order valence-electron chi connectivity index (χ2n) is 5.31. The fourth-order valence-electron chi connectivity index (χ4n) is 2.46. The van der Waals surface area contributed by atoms with Crippen LogP contribution in [0.1, 0.15) is 30.2 Å². The number of hydrogen-bond donors (Lipinski definition) is 1. The minimum Gasteiger partial charge on any atom is -0.396 e. The van der Waals surface area contributed by atoms with Gasteiger partial charge in [-0.2, -0.15) is 0 Å². The molecule has 0 radical (unpaired) electrons. The Labute approximate surface area is 102 Å². The van der Waals surface area contributed by atoms with Gasteiger partial charge in [-0.25, -0.2) is 0 Å². The molecule has 16 heavy (non-hydrogen) atoms. The van der Waals surface area contributed by atoms with Crippen molar-refractivity contribution in [3.05, 3.63) is 21.9 Å². The van der Waals surface area contributed by atoms with E-state index in [4.69, 9.17) is 0 Å². The highest BCUT2D eigenvalue weighted by molar-refractivity contribution is 7.10. The maximum absolute atomic E-state index is 9.42. The average molecular weight is 239 g/mol. The molecule has 90 valence electrons. The molecule has 1 fully saturated rings. The summed E-state index contributed by atoms with van der Waals surface area (Å²) in [5.41, 5.74) is 1.52. The molecule has 3 heteroatoms. The molecule has 2 heterocycles. The van der Waals surface area contributed by atoms with Crippen molar-refractivity contribution in [3.63, 3.8) is 0 Å². The maximum atomic E-state index is 9.42. The third-order valence-corrected chi connectivity index (χ3v) is 4.58. The number of aliphatic hydroxyl groups excluding tert-OH is 1. The Morgan fingerprint density at radius 3 is 3.00 bits per heavy atom. The zero-order valence-electron chi connectivity index (χ0n) is 10.2. The molecular weight excluding hydrogens is 218 g/mol. The molecule has 1 aliphatic rings. The van der Waals surface area contributed by atoms with Crippen molar-refractivity contribution in [1.29, 1.82) is 0 Å². The van der Waals surface area contributed by atoms with Crippen molar-refractivity contribution in [2.45, 2.75) is 33.2 Å². The SMILES string of the molecule is Cc1ccsc1CN1CCCC(C)(CO)C1. The van der Waals surface area contributed by atoms with Gasteiger partial charge in [-0.1, -0.05) is 6.92 Å². The van der Waals surface area contributed by atoms with E-state index < -0.39 is 0 Å². The van der Waals surface area contributed by atoms with Gasteiger partial charge in [0, 0.05) is 30.0 Å². The van der Waals surface area contributed by atoms with Gasteiger partial charge in [0.25, 0.3) is 0 Å². The van der Waals surface area contributed by atoms with Gasteiger partial charge < -0.3 is 5.11 Å². The van der Waals surface area contributed by atoms with Crippen LogP contribution in [0.25, 0.3) is 0 Å². The molecule has 1 aliphatic heterocycles. The van der Waals surface area contributed by atoms with E-state index in [9.17, 15) is 5.11 Å². The molecule has 0 bridgehead atoms. The number of thiophene rings is 1. The summed E-state index contributed by atoms with van der Waals surface area (Å²) in [6, 6.07) is 2.19. The summed E-state index contributed by atoms with van der Waals surface area (Å²) < 4.78 is 0. The van der Waals surface area contributed by atoms with Crippen LogP contribution in [-0.2, 0) is 6.54 Å². The first-order chi connectivity index (χ1) is 7.63. The number of hydrogen-bond acceptors (Lipinski definition) is 3. The molecule has 1 N–H and O–H groups in total. The Hall–Kier alpha value is -0.380. The lowest BCUT2D eigenvalue weighted by atomic mass is 9.83. The number of nitrogens with zero attached hydrogens (tertiary/aromatic N) is 1. The van der Waals surface area contributed by atoms with E-state index in [2.05, 4.69) is 30.2 Å². The Bertz CT molecular complexity index is 349. The zero-order valence-corrected chi connectivity index (χ0v) is 11.0. The highest BCUT2D eigenvalue weighted by atomic mass is 32.1. The predicted molar refractivity (Wildman–Crippen MR) is 68.8 cm³/mol. The van der Waals surface area contributed by atoms with Crippen LogP contribution < -0.4 is 0 Å². The molecule has 0 aliphatic carbocycles. The Morgan fingerprint density at radius 1 is 1.56 bits per heavy atom. The second-order valence-corrected chi connectivity index (χ2v) is 6.31. The predicted octanol–water partition coefficient (Wildman–Crippen LogP) is 2.65. The largest absolute Gasteiger partial charge is 0.396 e. The van der Waals surface area contributed by atoms with Gasteiger partial charge >= 0.3 is 0 Å². The summed E-state index contributed by atoms with van der Waals surface area (Å²) in [4.78, 5) is 3.96. The minimum absolute atomic E-state index is 0.114. The lowest BCUT2D eigenvalue weighted by Crippen LogP contribution is -2.43. The van der Waals surface area contributed by atoms with Crippen molar-refractivity contribution in [2.75, 3.05) is 19.7 Å². The highest BCUT2D eigenvalue weighted by Crippen LogP contribution is 2.30. The average Bonchev–Trinajstić information content (AvgIpc) is 2.65. The van der Waals surface area contributed by atoms with Crippen molar-refractivity contribution < 1.29 is 5.11 Å². The molecule has 1 unspecified atom stereocenters. The summed E-state index contributed by atoms with van der Waals surface area (Å²) in [5, 5.41) is 11.6. The molecule has 2 nitrogen and oxygen atoms in total. The first kappa shape index (κ1) is 12.1. The lowest BCUT2D eigenvalue weighted by molar-refractivity contribution is 0.0433. The van der Waals surface area contributed by atoms with E-state index in [0.29, 0.717) is 6.61 Å². The van der Waals surface area contributed by atoms with Crippen LogP contribution >= 0.6 is 11.3 Å². The third-order valence-electron chi connectivity index (χ3n) is 3.58. The molecule has 1 aromatic heterocycles. The van der Waals surface area contributed by atoms with Crippen LogP contribution in [0.15, 0.2) is 11.4 Å². The van der Waals surface area contributed by atoms with Crippen LogP contribution in [0.2, 0.25) is 0 Å². The van der Waals surface area contributed by atoms with Gasteiger partial charge in [0.15, 0.2) is 0 Å². The molecule has 1 atom stereocenters. The lowest BCUT2D eigenvalue weighted by Gasteiger charge is -2.39. The summed E-state index contributed by atoms with van der Waals surface area (Å²) in [6.07, 6.45) is 2.37. The van der Waals surface area contributed by atoms with E-state index in [1.165, 1.54) is 23.4 Å². The van der Waals surface area contributed by atoms with Gasteiger partial charge in [-0.05, 0) is 43.3 Å². The Kier molecular flexibility index (Phi) is 3.67. The fourth-order valence-corrected chi connectivity index (χ4v) is 3.41. The van der Waals surface area contributed by atoms with Crippen LogP contribution in [0, 0.1) is 12.3 Å². The molecule has 0 saturated carbocycles. The molecule has 1 saturated heterocycles. The Balaban J connectivity index is 1.98. The zero-order chi connectivity index (χ0) is 11.6. The van der Waals surface area contributed by atoms with Gasteiger partial charge in [0.1, 0.15) is 0 Å². The molecule has 0 spiro atoms. The minimum atomic E-state index is 0.114. The first-order valence-corrected chi connectivity index (χ1v) is 6.87. The standard InChI is InChI=1S/C13H21NOS/c1-11-4-7-16-12(11)8-14-6-3-5-13(2,9-14)10-15/h4,7,15H,3,5-6,8-10H2,1-2H3. The van der Waals surface area contributed by atoms with Gasteiger partial charge in [-0.15, -0.1) is 11.3 Å². The van der Waals surface area contributed by atoms with E-state index in [0.717, 1.165) is 19.5 Å². The summed E-state index contributed by atoms with van der Waals surface area (Å²) in [5.74, 6) is 0. The summed E-state index contributed by atoms with van der Waals surface area (Å²) >= 11 is 1.85. The van der Waals surface area contributed by atoms with Gasteiger partial charge in [0.2, 0.25) is 0 Å².